The standard InChI is InChI=1S/C18H11Cl2NO3/c19-14-4-1-5-15(20)18(14)24-17-11-23-13(9-16(17)22)7-6-12-3-2-8-21-10-12/h1-11H/b7-6+. The molecule has 0 N–H and O–H groups in total. The number of hydrogen-bond acceptors (Lipinski definition) is 4. The molecule has 6 heteroatoms. The van der Waals surface area contributed by atoms with Crippen molar-refractivity contribution in [3.05, 3.63) is 86.6 Å². The van der Waals surface area contributed by atoms with E-state index >= 15 is 0 Å². The maximum atomic E-state index is 12.2. The zero-order chi connectivity index (χ0) is 16.9. The molecule has 2 heterocycles. The van der Waals surface area contributed by atoms with Gasteiger partial charge in [-0.1, -0.05) is 35.3 Å². The van der Waals surface area contributed by atoms with Crippen molar-refractivity contribution in [2.75, 3.05) is 0 Å². The summed E-state index contributed by atoms with van der Waals surface area (Å²) in [4.78, 5) is 16.2. The molecule has 4 nitrogen and oxygen atoms in total. The normalized spacial score (nSPS) is 10.9. The molecule has 0 saturated carbocycles. The number of benzene rings is 1. The summed E-state index contributed by atoms with van der Waals surface area (Å²) < 4.78 is 10.9. The Bertz CT molecular complexity index is 916. The molecule has 0 fully saturated rings. The van der Waals surface area contributed by atoms with Crippen LogP contribution in [0.5, 0.6) is 11.5 Å². The fraction of sp³-hybridized carbons (Fsp3) is 0. The van der Waals surface area contributed by atoms with E-state index in [2.05, 4.69) is 4.98 Å². The summed E-state index contributed by atoms with van der Waals surface area (Å²) >= 11 is 12.0. The molecular formula is C18H11Cl2NO3. The number of hydrogen-bond donors (Lipinski definition) is 0. The molecule has 0 aliphatic carbocycles. The number of rotatable bonds is 4. The van der Waals surface area contributed by atoms with Crippen molar-refractivity contribution in [1.82, 2.24) is 4.98 Å². The van der Waals surface area contributed by atoms with Crippen LogP contribution in [0.3, 0.4) is 0 Å². The van der Waals surface area contributed by atoms with Crippen molar-refractivity contribution >= 4 is 35.4 Å². The third-order valence-electron chi connectivity index (χ3n) is 3.07. The molecule has 0 aliphatic heterocycles. The average Bonchev–Trinajstić information content (AvgIpc) is 2.59. The molecule has 3 aromatic rings. The molecule has 120 valence electrons. The van der Waals surface area contributed by atoms with Crippen LogP contribution in [-0.4, -0.2) is 4.98 Å². The zero-order valence-electron chi connectivity index (χ0n) is 12.3. The van der Waals surface area contributed by atoms with E-state index < -0.39 is 0 Å². The summed E-state index contributed by atoms with van der Waals surface area (Å²) in [7, 11) is 0. The molecule has 3 rings (SSSR count). The lowest BCUT2D eigenvalue weighted by molar-refractivity contribution is 0.436. The highest BCUT2D eigenvalue weighted by molar-refractivity contribution is 6.37. The van der Waals surface area contributed by atoms with Crippen molar-refractivity contribution in [2.24, 2.45) is 0 Å². The molecule has 2 aromatic heterocycles. The Balaban J connectivity index is 1.83. The quantitative estimate of drug-likeness (QED) is 0.633. The van der Waals surface area contributed by atoms with E-state index in [0.29, 0.717) is 15.8 Å². The molecular weight excluding hydrogens is 349 g/mol. The van der Waals surface area contributed by atoms with Gasteiger partial charge in [-0.25, -0.2) is 0 Å². The molecule has 1 aromatic carbocycles. The minimum absolute atomic E-state index is 0.00327. The van der Waals surface area contributed by atoms with Gasteiger partial charge in [-0.2, -0.15) is 0 Å². The first-order valence-electron chi connectivity index (χ1n) is 6.96. The summed E-state index contributed by atoms with van der Waals surface area (Å²) in [5.41, 5.74) is 0.548. The molecule has 0 bridgehead atoms. The first-order valence-corrected chi connectivity index (χ1v) is 7.72. The molecule has 0 amide bonds. The smallest absolute Gasteiger partial charge is 0.227 e. The third kappa shape index (κ3) is 3.85. The van der Waals surface area contributed by atoms with Gasteiger partial charge in [0.1, 0.15) is 12.0 Å². The number of aromatic nitrogens is 1. The van der Waals surface area contributed by atoms with Gasteiger partial charge in [0, 0.05) is 18.5 Å². The molecule has 24 heavy (non-hydrogen) atoms. The first-order chi connectivity index (χ1) is 11.6. The summed E-state index contributed by atoms with van der Waals surface area (Å²) in [5.74, 6) is 0.608. The second-order valence-corrected chi connectivity index (χ2v) is 5.60. The Hall–Kier alpha value is -2.56. The highest BCUT2D eigenvalue weighted by atomic mass is 35.5. The van der Waals surface area contributed by atoms with E-state index in [1.807, 2.05) is 12.1 Å². The average molecular weight is 360 g/mol. The Morgan fingerprint density at radius 3 is 2.54 bits per heavy atom. The lowest BCUT2D eigenvalue weighted by Gasteiger charge is -2.08. The van der Waals surface area contributed by atoms with Crippen molar-refractivity contribution in [1.29, 1.82) is 0 Å². The minimum Gasteiger partial charge on any atom is -0.461 e. The number of ether oxygens (including phenoxy) is 1. The van der Waals surface area contributed by atoms with Crippen molar-refractivity contribution in [2.45, 2.75) is 0 Å². The SMILES string of the molecule is O=c1cc(/C=C/c2cccnc2)occ1Oc1c(Cl)cccc1Cl. The Kier molecular flexibility index (Phi) is 4.99. The highest BCUT2D eigenvalue weighted by Crippen LogP contribution is 2.35. The van der Waals surface area contributed by atoms with Crippen LogP contribution in [0.25, 0.3) is 12.2 Å². The number of pyridine rings is 1. The first kappa shape index (κ1) is 16.3. The van der Waals surface area contributed by atoms with E-state index in [4.69, 9.17) is 32.4 Å². The van der Waals surface area contributed by atoms with Gasteiger partial charge in [0.25, 0.3) is 0 Å². The molecule has 0 saturated heterocycles. The zero-order valence-corrected chi connectivity index (χ0v) is 13.8. The molecule has 0 atom stereocenters. The maximum Gasteiger partial charge on any atom is 0.227 e. The fourth-order valence-corrected chi connectivity index (χ4v) is 2.39. The van der Waals surface area contributed by atoms with Gasteiger partial charge in [-0.15, -0.1) is 0 Å². The molecule has 0 radical (unpaired) electrons. The van der Waals surface area contributed by atoms with Crippen molar-refractivity contribution in [3.8, 4) is 11.5 Å². The van der Waals surface area contributed by atoms with Crippen LogP contribution in [0.2, 0.25) is 10.0 Å². The molecule has 0 unspecified atom stereocenters. The monoisotopic (exact) mass is 359 g/mol. The Morgan fingerprint density at radius 1 is 1.08 bits per heavy atom. The van der Waals surface area contributed by atoms with Crippen LogP contribution in [-0.2, 0) is 0 Å². The predicted octanol–water partition coefficient (Wildman–Crippen LogP) is 5.30. The van der Waals surface area contributed by atoms with E-state index in [1.165, 1.54) is 12.3 Å². The second kappa shape index (κ2) is 7.34. The van der Waals surface area contributed by atoms with Crippen molar-refractivity contribution in [3.63, 3.8) is 0 Å². The summed E-state index contributed by atoms with van der Waals surface area (Å²) in [6.07, 6.45) is 8.07. The number of halogens is 2. The van der Waals surface area contributed by atoms with Gasteiger partial charge < -0.3 is 9.15 Å². The Morgan fingerprint density at radius 2 is 1.88 bits per heavy atom. The van der Waals surface area contributed by atoms with Gasteiger partial charge >= 0.3 is 0 Å². The maximum absolute atomic E-state index is 12.2. The van der Waals surface area contributed by atoms with Gasteiger partial charge in [-0.3, -0.25) is 9.78 Å². The molecule has 0 aliphatic rings. The van der Waals surface area contributed by atoms with Crippen molar-refractivity contribution < 1.29 is 9.15 Å². The van der Waals surface area contributed by atoms with Crippen LogP contribution in [0.4, 0.5) is 0 Å². The fourth-order valence-electron chi connectivity index (χ4n) is 1.92. The van der Waals surface area contributed by atoms with Crippen LogP contribution in [0.15, 0.2) is 64.3 Å². The minimum atomic E-state index is -0.344. The van der Waals surface area contributed by atoms with Crippen LogP contribution >= 0.6 is 23.2 Å². The summed E-state index contributed by atoms with van der Waals surface area (Å²) in [5, 5.41) is 0.616. The Labute approximate surface area is 147 Å². The van der Waals surface area contributed by atoms with Gasteiger partial charge in [0.2, 0.25) is 11.2 Å². The number of nitrogens with zero attached hydrogens (tertiary/aromatic N) is 1. The van der Waals surface area contributed by atoms with Gasteiger partial charge in [-0.05, 0) is 35.9 Å². The van der Waals surface area contributed by atoms with Gasteiger partial charge in [0.05, 0.1) is 10.0 Å². The van der Waals surface area contributed by atoms with Crippen LogP contribution in [0, 0.1) is 0 Å². The van der Waals surface area contributed by atoms with Gasteiger partial charge in [0.15, 0.2) is 5.75 Å². The predicted molar refractivity (Wildman–Crippen MR) is 94.7 cm³/mol. The lowest BCUT2D eigenvalue weighted by atomic mass is 10.2. The lowest BCUT2D eigenvalue weighted by Crippen LogP contribution is -2.03. The summed E-state index contributed by atoms with van der Waals surface area (Å²) in [6, 6.07) is 9.96. The third-order valence-corrected chi connectivity index (χ3v) is 3.67. The second-order valence-electron chi connectivity index (χ2n) is 4.78. The van der Waals surface area contributed by atoms with E-state index in [1.54, 1.807) is 42.7 Å². The largest absolute Gasteiger partial charge is 0.461 e. The van der Waals surface area contributed by atoms with E-state index in [0.717, 1.165) is 5.56 Å². The van der Waals surface area contributed by atoms with Crippen LogP contribution < -0.4 is 10.2 Å². The van der Waals surface area contributed by atoms with Crippen LogP contribution in [0.1, 0.15) is 11.3 Å². The highest BCUT2D eigenvalue weighted by Gasteiger charge is 2.11. The topological polar surface area (TPSA) is 52.3 Å². The van der Waals surface area contributed by atoms with E-state index in [9.17, 15) is 4.79 Å². The van der Waals surface area contributed by atoms with E-state index in [-0.39, 0.29) is 16.9 Å². The number of para-hydroxylation sites is 1. The summed E-state index contributed by atoms with van der Waals surface area (Å²) in [6.45, 7) is 0. The molecule has 0 spiro atoms.